The van der Waals surface area contributed by atoms with Crippen molar-refractivity contribution in [2.24, 2.45) is 0 Å². The molecule has 8 nitrogen and oxygen atoms in total. The van der Waals surface area contributed by atoms with Gasteiger partial charge in [0.15, 0.2) is 11.5 Å². The molecule has 238 valence electrons. The summed E-state index contributed by atoms with van der Waals surface area (Å²) in [6, 6.07) is 12.8. The zero-order valence-corrected chi connectivity index (χ0v) is 28.3. The first-order valence-electron chi connectivity index (χ1n) is 15.4. The van der Waals surface area contributed by atoms with E-state index in [1.807, 2.05) is 43.9 Å². The van der Waals surface area contributed by atoms with Crippen molar-refractivity contribution in [2.75, 3.05) is 33.4 Å². The molecule has 1 aliphatic rings. The van der Waals surface area contributed by atoms with Crippen LogP contribution in [-0.2, 0) is 24.2 Å². The van der Waals surface area contributed by atoms with Crippen LogP contribution < -0.4 is 9.47 Å². The first kappa shape index (κ1) is 32.7. The number of thiophene rings is 1. The van der Waals surface area contributed by atoms with Crippen LogP contribution in [-0.4, -0.2) is 66.1 Å². The SMILES string of the molecule is CCOC(=O)c1c(CN(CC)CC)nc2sc3c(c2c1-c1ccc(OC(C)C)c(OC)c1)CCN(C(=O)c1ccc(Cl)cc1)C3. The fourth-order valence-electron chi connectivity index (χ4n) is 5.78. The van der Waals surface area contributed by atoms with E-state index >= 15 is 0 Å². The van der Waals surface area contributed by atoms with Crippen molar-refractivity contribution < 1.29 is 23.8 Å². The molecule has 5 rings (SSSR count). The highest BCUT2D eigenvalue weighted by molar-refractivity contribution is 7.19. The largest absolute Gasteiger partial charge is 0.493 e. The van der Waals surface area contributed by atoms with Crippen molar-refractivity contribution in [3.8, 4) is 22.6 Å². The van der Waals surface area contributed by atoms with E-state index < -0.39 is 5.97 Å². The summed E-state index contributed by atoms with van der Waals surface area (Å²) in [7, 11) is 1.62. The Labute approximate surface area is 273 Å². The van der Waals surface area contributed by atoms with E-state index in [9.17, 15) is 9.59 Å². The average Bonchev–Trinajstić information content (AvgIpc) is 3.40. The number of fused-ring (bicyclic) bond motifs is 3. The van der Waals surface area contributed by atoms with Crippen molar-refractivity contribution in [1.29, 1.82) is 0 Å². The Morgan fingerprint density at radius 3 is 2.44 bits per heavy atom. The molecular formula is C35H40ClN3O5S. The molecule has 1 aliphatic heterocycles. The number of esters is 1. The molecule has 2 aromatic heterocycles. The number of hydrogen-bond acceptors (Lipinski definition) is 8. The number of benzene rings is 2. The van der Waals surface area contributed by atoms with Crippen LogP contribution in [0.3, 0.4) is 0 Å². The number of pyridine rings is 1. The van der Waals surface area contributed by atoms with Crippen LogP contribution in [0, 0.1) is 0 Å². The van der Waals surface area contributed by atoms with Gasteiger partial charge in [0.05, 0.1) is 37.6 Å². The summed E-state index contributed by atoms with van der Waals surface area (Å²) in [6.45, 7) is 13.3. The van der Waals surface area contributed by atoms with Gasteiger partial charge >= 0.3 is 5.97 Å². The number of carbonyl (C=O) groups is 2. The third-order valence-electron chi connectivity index (χ3n) is 8.00. The van der Waals surface area contributed by atoms with Crippen LogP contribution >= 0.6 is 22.9 Å². The van der Waals surface area contributed by atoms with Crippen LogP contribution in [0.2, 0.25) is 5.02 Å². The number of amides is 1. The summed E-state index contributed by atoms with van der Waals surface area (Å²) in [5, 5.41) is 1.52. The van der Waals surface area contributed by atoms with Gasteiger partial charge in [0.2, 0.25) is 0 Å². The van der Waals surface area contributed by atoms with Crippen LogP contribution in [0.5, 0.6) is 11.5 Å². The second-order valence-electron chi connectivity index (χ2n) is 11.2. The van der Waals surface area contributed by atoms with Gasteiger partial charge in [-0.3, -0.25) is 9.69 Å². The zero-order chi connectivity index (χ0) is 32.2. The number of rotatable bonds is 11. The van der Waals surface area contributed by atoms with E-state index in [2.05, 4.69) is 18.7 Å². The van der Waals surface area contributed by atoms with Crippen molar-refractivity contribution >= 4 is 45.0 Å². The molecule has 0 bridgehead atoms. The lowest BCUT2D eigenvalue weighted by Crippen LogP contribution is -2.35. The van der Waals surface area contributed by atoms with Gasteiger partial charge < -0.3 is 19.1 Å². The van der Waals surface area contributed by atoms with E-state index in [4.69, 9.17) is 30.8 Å². The molecule has 0 aliphatic carbocycles. The molecule has 0 unspecified atom stereocenters. The van der Waals surface area contributed by atoms with Crippen LogP contribution in [0.4, 0.5) is 0 Å². The second kappa shape index (κ2) is 14.2. The molecule has 1 amide bonds. The molecule has 0 radical (unpaired) electrons. The predicted molar refractivity (Wildman–Crippen MR) is 180 cm³/mol. The smallest absolute Gasteiger partial charge is 0.340 e. The summed E-state index contributed by atoms with van der Waals surface area (Å²) >= 11 is 7.65. The zero-order valence-electron chi connectivity index (χ0n) is 26.7. The third kappa shape index (κ3) is 6.81. The fourth-order valence-corrected chi connectivity index (χ4v) is 7.17. The van der Waals surface area contributed by atoms with Gasteiger partial charge in [0, 0.05) is 39.5 Å². The van der Waals surface area contributed by atoms with Gasteiger partial charge in [-0.25, -0.2) is 9.78 Å². The first-order valence-corrected chi connectivity index (χ1v) is 16.6. The predicted octanol–water partition coefficient (Wildman–Crippen LogP) is 7.63. The Balaban J connectivity index is 1.72. The molecule has 2 aromatic carbocycles. The first-order chi connectivity index (χ1) is 21.7. The molecule has 4 aromatic rings. The number of aromatic nitrogens is 1. The summed E-state index contributed by atoms with van der Waals surface area (Å²) in [5.74, 6) is 0.769. The van der Waals surface area contributed by atoms with Gasteiger partial charge in [-0.1, -0.05) is 31.5 Å². The van der Waals surface area contributed by atoms with E-state index in [0.29, 0.717) is 59.4 Å². The number of halogens is 1. The van der Waals surface area contributed by atoms with Crippen LogP contribution in [0.15, 0.2) is 42.5 Å². The van der Waals surface area contributed by atoms with Crippen molar-refractivity contribution in [1.82, 2.24) is 14.8 Å². The number of ether oxygens (including phenoxy) is 3. The quantitative estimate of drug-likeness (QED) is 0.155. The molecule has 45 heavy (non-hydrogen) atoms. The Morgan fingerprint density at radius 2 is 1.80 bits per heavy atom. The Hall–Kier alpha value is -3.66. The summed E-state index contributed by atoms with van der Waals surface area (Å²) < 4.78 is 17.5. The number of methoxy groups -OCH3 is 1. The van der Waals surface area contributed by atoms with Gasteiger partial charge in [-0.2, -0.15) is 0 Å². The monoisotopic (exact) mass is 649 g/mol. The maximum atomic E-state index is 13.8. The highest BCUT2D eigenvalue weighted by atomic mass is 35.5. The molecule has 0 saturated carbocycles. The van der Waals surface area contributed by atoms with Gasteiger partial charge in [0.1, 0.15) is 4.83 Å². The standard InChI is InChI=1S/C35H40ClN3O5S/c1-7-38(8-2)19-26-32(35(41)43-9-3)30(23-12-15-27(44-21(4)5)28(18-23)42-6)31-25-16-17-39(20-29(25)45-33(31)37-26)34(40)22-10-13-24(36)14-11-22/h10-15,18,21H,7-9,16-17,19-20H2,1-6H3. The maximum Gasteiger partial charge on any atom is 0.340 e. The molecule has 3 heterocycles. The summed E-state index contributed by atoms with van der Waals surface area (Å²) in [5.41, 5.74) is 4.46. The lowest BCUT2D eigenvalue weighted by Gasteiger charge is -2.27. The Kier molecular flexibility index (Phi) is 10.3. The summed E-state index contributed by atoms with van der Waals surface area (Å²) in [4.78, 5) is 38.4. The maximum absolute atomic E-state index is 13.8. The van der Waals surface area contributed by atoms with Gasteiger partial charge in [-0.15, -0.1) is 11.3 Å². The molecular weight excluding hydrogens is 610 g/mol. The molecule has 10 heteroatoms. The van der Waals surface area contributed by atoms with Crippen molar-refractivity contribution in [3.05, 3.63) is 74.7 Å². The van der Waals surface area contributed by atoms with E-state index in [1.54, 1.807) is 42.7 Å². The van der Waals surface area contributed by atoms with Crippen LogP contribution in [0.1, 0.15) is 71.5 Å². The third-order valence-corrected chi connectivity index (χ3v) is 9.37. The highest BCUT2D eigenvalue weighted by Gasteiger charge is 2.32. The Morgan fingerprint density at radius 1 is 1.07 bits per heavy atom. The second-order valence-corrected chi connectivity index (χ2v) is 12.7. The minimum absolute atomic E-state index is 0.0319. The number of carbonyl (C=O) groups excluding carboxylic acids is 2. The molecule has 0 saturated heterocycles. The van der Waals surface area contributed by atoms with Gasteiger partial charge in [0.25, 0.3) is 5.91 Å². The number of nitrogens with zero attached hydrogens (tertiary/aromatic N) is 3. The summed E-state index contributed by atoms with van der Waals surface area (Å²) in [6.07, 6.45) is 0.600. The lowest BCUT2D eigenvalue weighted by molar-refractivity contribution is 0.0524. The van der Waals surface area contributed by atoms with Gasteiger partial charge in [-0.05, 0) is 87.8 Å². The fraction of sp³-hybridized carbons (Fsp3) is 0.400. The highest BCUT2D eigenvalue weighted by Crippen LogP contribution is 2.45. The number of hydrogen-bond donors (Lipinski definition) is 0. The molecule has 0 spiro atoms. The van der Waals surface area contributed by atoms with E-state index in [0.717, 1.165) is 44.9 Å². The lowest BCUT2D eigenvalue weighted by atomic mass is 9.91. The van der Waals surface area contributed by atoms with E-state index in [-0.39, 0.29) is 18.6 Å². The average molecular weight is 650 g/mol. The molecule has 0 atom stereocenters. The molecule has 0 fully saturated rings. The molecule has 0 N–H and O–H groups in total. The van der Waals surface area contributed by atoms with Crippen LogP contribution in [0.25, 0.3) is 21.3 Å². The Bertz CT molecular complexity index is 1700. The minimum Gasteiger partial charge on any atom is -0.493 e. The topological polar surface area (TPSA) is 81.2 Å². The van der Waals surface area contributed by atoms with E-state index in [1.165, 1.54) is 0 Å². The van der Waals surface area contributed by atoms with Crippen molar-refractivity contribution in [2.45, 2.75) is 60.2 Å². The van der Waals surface area contributed by atoms with Crippen molar-refractivity contribution in [3.63, 3.8) is 0 Å². The minimum atomic E-state index is -0.402. The normalized spacial score (nSPS) is 13.0.